The number of carbonyl (C=O) groups excluding carboxylic acids is 1. The highest BCUT2D eigenvalue weighted by Crippen LogP contribution is 2.37. The lowest BCUT2D eigenvalue weighted by Gasteiger charge is -2.48. The molecule has 0 saturated carbocycles. The topological polar surface area (TPSA) is 57.2 Å². The summed E-state index contributed by atoms with van der Waals surface area (Å²) in [6.07, 6.45) is 1.53. The molecule has 1 amide bonds. The van der Waals surface area contributed by atoms with Crippen LogP contribution in [0.1, 0.15) is 25.8 Å². The first-order valence-corrected chi connectivity index (χ1v) is 9.26. The van der Waals surface area contributed by atoms with Crippen molar-refractivity contribution in [2.75, 3.05) is 40.0 Å². The number of carbonyl (C=O) groups is 1. The van der Waals surface area contributed by atoms with Crippen LogP contribution >= 0.6 is 0 Å². The molecule has 0 bridgehead atoms. The highest BCUT2D eigenvalue weighted by molar-refractivity contribution is 5.80. The van der Waals surface area contributed by atoms with Gasteiger partial charge in [0.1, 0.15) is 23.7 Å². The van der Waals surface area contributed by atoms with E-state index in [4.69, 9.17) is 18.9 Å². The van der Waals surface area contributed by atoms with Gasteiger partial charge in [-0.2, -0.15) is 0 Å². The molecule has 0 aromatic heterocycles. The van der Waals surface area contributed by atoms with Gasteiger partial charge in [0, 0.05) is 25.6 Å². The van der Waals surface area contributed by atoms with E-state index in [0.29, 0.717) is 39.3 Å². The number of amides is 1. The van der Waals surface area contributed by atoms with Crippen LogP contribution in [0.2, 0.25) is 0 Å². The van der Waals surface area contributed by atoms with Crippen LogP contribution in [0.15, 0.2) is 18.2 Å². The fourth-order valence-corrected chi connectivity index (χ4v) is 4.36. The minimum absolute atomic E-state index is 0.147. The van der Waals surface area contributed by atoms with E-state index in [0.717, 1.165) is 23.5 Å². The van der Waals surface area contributed by atoms with Crippen molar-refractivity contribution in [2.45, 2.75) is 37.9 Å². The molecule has 2 fully saturated rings. The predicted octanol–water partition coefficient (Wildman–Crippen LogP) is 2.04. The Bertz CT molecular complexity index is 695. The Morgan fingerprint density at radius 2 is 2.15 bits per heavy atom. The SMILES string of the molecule is COc1ccc2c(c1)OC[C@H](C(=O)N1CC(C)(C)O[C@@]3(CCOC3)C1)C2. The summed E-state index contributed by atoms with van der Waals surface area (Å²) in [5, 5.41) is 0. The molecule has 0 unspecified atom stereocenters. The molecule has 0 radical (unpaired) electrons. The highest BCUT2D eigenvalue weighted by Gasteiger charge is 2.49. The Hall–Kier alpha value is -1.79. The van der Waals surface area contributed by atoms with Gasteiger partial charge in [0.2, 0.25) is 5.91 Å². The summed E-state index contributed by atoms with van der Waals surface area (Å²) in [5.74, 6) is 1.57. The van der Waals surface area contributed by atoms with Crippen LogP contribution in [-0.4, -0.2) is 62.0 Å². The zero-order valence-corrected chi connectivity index (χ0v) is 15.7. The fourth-order valence-electron chi connectivity index (χ4n) is 4.36. The molecule has 3 heterocycles. The lowest BCUT2D eigenvalue weighted by Crippen LogP contribution is -2.62. The van der Waals surface area contributed by atoms with E-state index in [1.807, 2.05) is 36.9 Å². The first-order chi connectivity index (χ1) is 12.4. The highest BCUT2D eigenvalue weighted by atomic mass is 16.6. The Labute approximate surface area is 154 Å². The van der Waals surface area contributed by atoms with Crippen molar-refractivity contribution in [3.8, 4) is 11.5 Å². The molecule has 1 aromatic carbocycles. The largest absolute Gasteiger partial charge is 0.497 e. The summed E-state index contributed by atoms with van der Waals surface area (Å²) in [4.78, 5) is 15.2. The van der Waals surface area contributed by atoms with Gasteiger partial charge in [0.25, 0.3) is 0 Å². The van der Waals surface area contributed by atoms with Gasteiger partial charge < -0.3 is 23.8 Å². The number of hydrogen-bond acceptors (Lipinski definition) is 5. The van der Waals surface area contributed by atoms with E-state index < -0.39 is 0 Å². The molecule has 142 valence electrons. The second kappa shape index (κ2) is 6.43. The number of ether oxygens (including phenoxy) is 4. The molecule has 3 aliphatic rings. The number of fused-ring (bicyclic) bond motifs is 1. The molecule has 0 aliphatic carbocycles. The minimum Gasteiger partial charge on any atom is -0.497 e. The average Bonchev–Trinajstić information content (AvgIpc) is 3.05. The van der Waals surface area contributed by atoms with Gasteiger partial charge in [-0.15, -0.1) is 0 Å². The maximum Gasteiger partial charge on any atom is 0.229 e. The second-order valence-corrected chi connectivity index (χ2v) is 8.23. The number of rotatable bonds is 2. The number of methoxy groups -OCH3 is 1. The molecule has 4 rings (SSSR count). The standard InChI is InChI=1S/C20H27NO5/c1-19(2)11-21(12-20(26-19)6-7-24-13-20)18(22)15-8-14-4-5-16(23-3)9-17(14)25-10-15/h4-5,9,15H,6-8,10-13H2,1-3H3/t15-,20+/m1/s1. The molecule has 0 N–H and O–H groups in total. The monoisotopic (exact) mass is 361 g/mol. The lowest BCUT2D eigenvalue weighted by atomic mass is 9.91. The molecule has 1 aromatic rings. The summed E-state index contributed by atoms with van der Waals surface area (Å²) in [7, 11) is 1.64. The molecule has 1 spiro atoms. The number of morpholine rings is 1. The molecule has 6 nitrogen and oxygen atoms in total. The molecule has 26 heavy (non-hydrogen) atoms. The van der Waals surface area contributed by atoms with Crippen LogP contribution in [0.25, 0.3) is 0 Å². The maximum absolute atomic E-state index is 13.2. The molecular formula is C20H27NO5. The van der Waals surface area contributed by atoms with E-state index in [9.17, 15) is 4.79 Å². The summed E-state index contributed by atoms with van der Waals surface area (Å²) in [5.41, 5.74) is 0.322. The van der Waals surface area contributed by atoms with Gasteiger partial charge in [-0.1, -0.05) is 6.07 Å². The average molecular weight is 361 g/mol. The summed E-state index contributed by atoms with van der Waals surface area (Å²) >= 11 is 0. The van der Waals surface area contributed by atoms with Crippen LogP contribution in [-0.2, 0) is 20.7 Å². The van der Waals surface area contributed by atoms with E-state index in [-0.39, 0.29) is 23.0 Å². The van der Waals surface area contributed by atoms with Crippen molar-refractivity contribution in [1.82, 2.24) is 4.90 Å². The van der Waals surface area contributed by atoms with E-state index in [1.54, 1.807) is 7.11 Å². The number of nitrogens with zero attached hydrogens (tertiary/aromatic N) is 1. The minimum atomic E-state index is -0.373. The molecular weight excluding hydrogens is 334 g/mol. The summed E-state index contributed by atoms with van der Waals surface area (Å²) in [6.45, 7) is 6.95. The normalized spacial score (nSPS) is 30.0. The predicted molar refractivity (Wildman–Crippen MR) is 95.6 cm³/mol. The first-order valence-electron chi connectivity index (χ1n) is 9.26. The van der Waals surface area contributed by atoms with Crippen LogP contribution in [0.5, 0.6) is 11.5 Å². The van der Waals surface area contributed by atoms with Crippen molar-refractivity contribution >= 4 is 5.91 Å². The van der Waals surface area contributed by atoms with E-state index in [2.05, 4.69) is 0 Å². The number of hydrogen-bond donors (Lipinski definition) is 0. The second-order valence-electron chi connectivity index (χ2n) is 8.23. The van der Waals surface area contributed by atoms with Gasteiger partial charge in [-0.05, 0) is 31.9 Å². The van der Waals surface area contributed by atoms with Gasteiger partial charge in [-0.3, -0.25) is 4.79 Å². The quantitative estimate of drug-likeness (QED) is 0.807. The van der Waals surface area contributed by atoms with Crippen LogP contribution in [0, 0.1) is 5.92 Å². The first kappa shape index (κ1) is 17.6. The summed E-state index contributed by atoms with van der Waals surface area (Å²) in [6, 6.07) is 5.79. The van der Waals surface area contributed by atoms with Crippen molar-refractivity contribution in [3.63, 3.8) is 0 Å². The summed E-state index contributed by atoms with van der Waals surface area (Å²) < 4.78 is 23.0. The Morgan fingerprint density at radius 3 is 2.88 bits per heavy atom. The van der Waals surface area contributed by atoms with Crippen molar-refractivity contribution in [1.29, 1.82) is 0 Å². The van der Waals surface area contributed by atoms with Gasteiger partial charge in [-0.25, -0.2) is 0 Å². The third-order valence-corrected chi connectivity index (χ3v) is 5.45. The Morgan fingerprint density at radius 1 is 1.31 bits per heavy atom. The Balaban J connectivity index is 1.50. The van der Waals surface area contributed by atoms with Crippen molar-refractivity contribution in [2.24, 2.45) is 5.92 Å². The zero-order chi connectivity index (χ0) is 18.4. The fraction of sp³-hybridized carbons (Fsp3) is 0.650. The third kappa shape index (κ3) is 3.28. The Kier molecular flexibility index (Phi) is 4.35. The van der Waals surface area contributed by atoms with E-state index in [1.165, 1.54) is 0 Å². The molecule has 3 aliphatic heterocycles. The zero-order valence-electron chi connectivity index (χ0n) is 15.7. The van der Waals surface area contributed by atoms with Crippen LogP contribution in [0.3, 0.4) is 0 Å². The lowest BCUT2D eigenvalue weighted by molar-refractivity contribution is -0.201. The van der Waals surface area contributed by atoms with Gasteiger partial charge in [0.15, 0.2) is 0 Å². The van der Waals surface area contributed by atoms with Gasteiger partial charge in [0.05, 0.1) is 31.8 Å². The maximum atomic E-state index is 13.2. The molecule has 6 heteroatoms. The third-order valence-electron chi connectivity index (χ3n) is 5.45. The van der Waals surface area contributed by atoms with E-state index >= 15 is 0 Å². The van der Waals surface area contributed by atoms with Crippen LogP contribution in [0.4, 0.5) is 0 Å². The van der Waals surface area contributed by atoms with Crippen molar-refractivity contribution in [3.05, 3.63) is 23.8 Å². The van der Waals surface area contributed by atoms with Crippen molar-refractivity contribution < 1.29 is 23.7 Å². The molecule has 2 saturated heterocycles. The van der Waals surface area contributed by atoms with Gasteiger partial charge >= 0.3 is 0 Å². The number of benzene rings is 1. The van der Waals surface area contributed by atoms with Crippen LogP contribution < -0.4 is 9.47 Å². The smallest absolute Gasteiger partial charge is 0.229 e. The molecule has 2 atom stereocenters.